The summed E-state index contributed by atoms with van der Waals surface area (Å²) in [4.78, 5) is 0. The first-order valence-corrected chi connectivity index (χ1v) is 4.27. The molecule has 15 heavy (non-hydrogen) atoms. The summed E-state index contributed by atoms with van der Waals surface area (Å²) in [6, 6.07) is 1.61. The van der Waals surface area contributed by atoms with Gasteiger partial charge in [0, 0.05) is 5.56 Å². The Hall–Kier alpha value is -1.17. The number of halogens is 5. The Kier molecular flexibility index (Phi) is 3.28. The third-order valence-corrected chi connectivity index (χ3v) is 1.89. The third kappa shape index (κ3) is 2.89. The molecule has 1 rings (SSSR count). The summed E-state index contributed by atoms with van der Waals surface area (Å²) in [5, 5.41) is 0. The van der Waals surface area contributed by atoms with Crippen molar-refractivity contribution in [3.63, 3.8) is 0 Å². The van der Waals surface area contributed by atoms with E-state index in [1.54, 1.807) is 0 Å². The van der Waals surface area contributed by atoms with E-state index >= 15 is 0 Å². The molecule has 0 heterocycles. The lowest BCUT2D eigenvalue weighted by Gasteiger charge is -2.13. The zero-order valence-corrected chi connectivity index (χ0v) is 7.99. The Labute approximate surface area is 87.6 Å². The van der Waals surface area contributed by atoms with Crippen LogP contribution in [0.5, 0.6) is 5.75 Å². The minimum Gasteiger partial charge on any atom is -0.404 e. The van der Waals surface area contributed by atoms with Gasteiger partial charge in [0.15, 0.2) is 5.75 Å². The molecule has 0 radical (unpaired) electrons. The molecule has 1 aromatic rings. The molecule has 0 aliphatic heterocycles. The van der Waals surface area contributed by atoms with E-state index in [2.05, 4.69) is 4.74 Å². The number of anilines is 1. The Morgan fingerprint density at radius 2 is 1.93 bits per heavy atom. The van der Waals surface area contributed by atoms with Crippen molar-refractivity contribution in [2.75, 3.05) is 5.73 Å². The van der Waals surface area contributed by atoms with Crippen molar-refractivity contribution in [3.8, 4) is 5.75 Å². The molecule has 0 amide bonds. The van der Waals surface area contributed by atoms with Crippen LogP contribution in [0.4, 0.5) is 23.2 Å². The molecule has 0 fully saturated rings. The van der Waals surface area contributed by atoms with Crippen LogP contribution < -0.4 is 10.5 Å². The number of alkyl halides is 4. The predicted molar refractivity (Wildman–Crippen MR) is 47.1 cm³/mol. The number of hydrogen-bond donors (Lipinski definition) is 1. The maximum atomic E-state index is 13.0. The first kappa shape index (κ1) is 11.9. The maximum absolute atomic E-state index is 13.0. The average Bonchev–Trinajstić information content (AvgIpc) is 2.09. The molecular weight excluding hydrogens is 238 g/mol. The van der Waals surface area contributed by atoms with Crippen molar-refractivity contribution < 1.29 is 22.3 Å². The van der Waals surface area contributed by atoms with E-state index in [4.69, 9.17) is 17.3 Å². The van der Waals surface area contributed by atoms with Crippen molar-refractivity contribution in [2.24, 2.45) is 0 Å². The molecule has 0 aliphatic carbocycles. The summed E-state index contributed by atoms with van der Waals surface area (Å²) < 4.78 is 52.1. The number of ether oxygens (including phenoxy) is 1. The minimum absolute atomic E-state index is 0.210. The van der Waals surface area contributed by atoms with Gasteiger partial charge in [0.2, 0.25) is 0 Å². The molecule has 0 aromatic heterocycles. The van der Waals surface area contributed by atoms with Crippen LogP contribution >= 0.6 is 11.6 Å². The van der Waals surface area contributed by atoms with Crippen LogP contribution in [0.25, 0.3) is 0 Å². The fourth-order valence-electron chi connectivity index (χ4n) is 0.966. The van der Waals surface area contributed by atoms with Crippen LogP contribution in [0.3, 0.4) is 0 Å². The van der Waals surface area contributed by atoms with Crippen molar-refractivity contribution >= 4 is 17.3 Å². The summed E-state index contributed by atoms with van der Waals surface area (Å²) in [7, 11) is 0. The molecule has 2 N–H and O–H groups in total. The van der Waals surface area contributed by atoms with Crippen LogP contribution in [0, 0.1) is 5.82 Å². The zero-order valence-electron chi connectivity index (χ0n) is 7.24. The van der Waals surface area contributed by atoms with Crippen molar-refractivity contribution in [2.45, 2.75) is 12.2 Å². The van der Waals surface area contributed by atoms with Gasteiger partial charge < -0.3 is 10.5 Å². The highest BCUT2D eigenvalue weighted by Gasteiger charge is 2.32. The molecule has 0 saturated heterocycles. The fourth-order valence-corrected chi connectivity index (χ4v) is 1.24. The monoisotopic (exact) mass is 243 g/mol. The Morgan fingerprint density at radius 1 is 1.33 bits per heavy atom. The normalized spacial score (nSPS) is 11.5. The molecule has 0 aliphatic rings. The predicted octanol–water partition coefficient (Wildman–Crippen LogP) is 3.05. The van der Waals surface area contributed by atoms with Crippen molar-refractivity contribution in [1.29, 1.82) is 0 Å². The van der Waals surface area contributed by atoms with E-state index in [-0.39, 0.29) is 11.4 Å². The molecule has 1 aromatic carbocycles. The molecule has 0 bridgehead atoms. The molecule has 0 unspecified atom stereocenters. The van der Waals surface area contributed by atoms with Crippen molar-refractivity contribution in [3.05, 3.63) is 23.5 Å². The second kappa shape index (κ2) is 4.14. The van der Waals surface area contributed by atoms with E-state index in [1.165, 1.54) is 0 Å². The lowest BCUT2D eigenvalue weighted by atomic mass is 10.2. The van der Waals surface area contributed by atoms with Crippen LogP contribution in [0.15, 0.2) is 12.1 Å². The van der Waals surface area contributed by atoms with Gasteiger partial charge in [-0.3, -0.25) is 0 Å². The highest BCUT2D eigenvalue weighted by atomic mass is 35.5. The van der Waals surface area contributed by atoms with Crippen LogP contribution in [0.2, 0.25) is 0 Å². The second-order valence-electron chi connectivity index (χ2n) is 2.62. The largest absolute Gasteiger partial charge is 0.573 e. The smallest absolute Gasteiger partial charge is 0.404 e. The minimum atomic E-state index is -4.87. The van der Waals surface area contributed by atoms with Gasteiger partial charge in [-0.1, -0.05) is 0 Å². The van der Waals surface area contributed by atoms with Gasteiger partial charge in [0.05, 0.1) is 11.6 Å². The summed E-state index contributed by atoms with van der Waals surface area (Å²) in [5.74, 6) is -1.75. The van der Waals surface area contributed by atoms with Crippen molar-refractivity contribution in [1.82, 2.24) is 0 Å². The van der Waals surface area contributed by atoms with E-state index in [1.807, 2.05) is 0 Å². The van der Waals surface area contributed by atoms with E-state index in [0.29, 0.717) is 0 Å². The molecule has 0 atom stereocenters. The zero-order chi connectivity index (χ0) is 11.6. The number of hydrogen-bond acceptors (Lipinski definition) is 2. The Balaban J connectivity index is 3.11. The van der Waals surface area contributed by atoms with Gasteiger partial charge in [-0.15, -0.1) is 24.8 Å². The van der Waals surface area contributed by atoms with Crippen LogP contribution in [0.1, 0.15) is 5.56 Å². The fraction of sp³-hybridized carbons (Fsp3) is 0.250. The quantitative estimate of drug-likeness (QED) is 0.492. The van der Waals surface area contributed by atoms with Gasteiger partial charge in [0.25, 0.3) is 0 Å². The maximum Gasteiger partial charge on any atom is 0.573 e. The number of nitrogens with two attached hydrogens (primary N) is 1. The standard InChI is InChI=1S/C8H6ClF4NO/c9-3-4-5(10)1-2-6(7(4)14)15-8(11,12)13/h1-2H,3,14H2. The molecule has 84 valence electrons. The van der Waals surface area contributed by atoms with Gasteiger partial charge >= 0.3 is 6.36 Å². The number of benzene rings is 1. The summed E-state index contributed by atoms with van der Waals surface area (Å²) in [6.45, 7) is 0. The Morgan fingerprint density at radius 3 is 2.40 bits per heavy atom. The van der Waals surface area contributed by atoms with E-state index < -0.39 is 23.6 Å². The van der Waals surface area contributed by atoms with Gasteiger partial charge in [-0.05, 0) is 12.1 Å². The van der Waals surface area contributed by atoms with Gasteiger partial charge in [-0.25, -0.2) is 4.39 Å². The lowest BCUT2D eigenvalue weighted by molar-refractivity contribution is -0.274. The molecule has 0 saturated carbocycles. The van der Waals surface area contributed by atoms with E-state index in [9.17, 15) is 17.6 Å². The molecule has 7 heteroatoms. The van der Waals surface area contributed by atoms with Crippen LogP contribution in [-0.4, -0.2) is 6.36 Å². The van der Waals surface area contributed by atoms with Gasteiger partial charge in [-0.2, -0.15) is 0 Å². The summed E-state index contributed by atoms with van der Waals surface area (Å²) in [5.41, 5.74) is 4.60. The first-order valence-electron chi connectivity index (χ1n) is 3.73. The number of rotatable bonds is 2. The molecule has 0 spiro atoms. The first-order chi connectivity index (χ1) is 6.85. The SMILES string of the molecule is Nc1c(OC(F)(F)F)ccc(F)c1CCl. The number of nitrogen functional groups attached to an aromatic ring is 1. The van der Waals surface area contributed by atoms with E-state index in [0.717, 1.165) is 12.1 Å². The molecular formula is C8H6ClF4NO. The highest BCUT2D eigenvalue weighted by molar-refractivity contribution is 6.17. The average molecular weight is 244 g/mol. The highest BCUT2D eigenvalue weighted by Crippen LogP contribution is 2.32. The Bertz CT molecular complexity index is 366. The lowest BCUT2D eigenvalue weighted by Crippen LogP contribution is -2.18. The molecule has 2 nitrogen and oxygen atoms in total. The second-order valence-corrected chi connectivity index (χ2v) is 2.89. The summed E-state index contributed by atoms with van der Waals surface area (Å²) in [6.07, 6.45) is -4.87. The topological polar surface area (TPSA) is 35.2 Å². The third-order valence-electron chi connectivity index (χ3n) is 1.62. The van der Waals surface area contributed by atoms with Gasteiger partial charge in [0.1, 0.15) is 5.82 Å². The van der Waals surface area contributed by atoms with Crippen LogP contribution in [-0.2, 0) is 5.88 Å². The summed E-state index contributed by atoms with van der Waals surface area (Å²) >= 11 is 5.32.